The second-order valence-corrected chi connectivity index (χ2v) is 19.4. The Kier molecular flexibility index (Phi) is 12.6. The molecule has 2 heterocycles. The normalized spacial score (nSPS) is 11.2. The summed E-state index contributed by atoms with van der Waals surface area (Å²) >= 11 is -0.826. The number of halogens is 2. The van der Waals surface area contributed by atoms with Crippen LogP contribution in [-0.4, -0.2) is 42.0 Å². The van der Waals surface area contributed by atoms with Crippen molar-refractivity contribution in [3.63, 3.8) is 0 Å². The molecular formula is C54H46Cl2N2O4Zr+2. The van der Waals surface area contributed by atoms with Crippen LogP contribution in [0.15, 0.2) is 170 Å². The molecule has 0 atom stereocenters. The number of unbranched alkanes of at least 4 members (excludes halogenated alkanes) is 1. The number of aromatic nitrogens is 2. The van der Waals surface area contributed by atoms with E-state index in [9.17, 15) is 10.2 Å². The molecule has 0 spiro atoms. The van der Waals surface area contributed by atoms with Crippen molar-refractivity contribution in [2.24, 2.45) is 0 Å². The van der Waals surface area contributed by atoms with Gasteiger partial charge in [0.15, 0.2) is 13.2 Å². The van der Waals surface area contributed by atoms with E-state index in [2.05, 4.69) is 120 Å². The van der Waals surface area contributed by atoms with E-state index in [4.69, 9.17) is 26.5 Å². The molecule has 2 aromatic heterocycles. The molecule has 63 heavy (non-hydrogen) atoms. The first-order valence-electron chi connectivity index (χ1n) is 21.0. The van der Waals surface area contributed by atoms with E-state index in [0.29, 0.717) is 13.2 Å². The topological polar surface area (TPSA) is 75.9 Å². The van der Waals surface area contributed by atoms with Gasteiger partial charge in [0.2, 0.25) is 0 Å². The molecule has 10 aromatic rings. The quantitative estimate of drug-likeness (QED) is 0.100. The Morgan fingerprint density at radius 3 is 1.08 bits per heavy atom. The number of aryl methyl sites for hydroxylation is 2. The number of nitrogens with zero attached hydrogens (tertiary/aromatic N) is 2. The third-order valence-corrected chi connectivity index (χ3v) is 11.6. The Labute approximate surface area is 385 Å². The fourth-order valence-electron chi connectivity index (χ4n) is 8.94. The zero-order chi connectivity index (χ0) is 43.5. The summed E-state index contributed by atoms with van der Waals surface area (Å²) in [6.45, 7) is 5.40. The van der Waals surface area contributed by atoms with Crippen molar-refractivity contribution in [1.82, 2.24) is 9.13 Å². The number of aliphatic hydroxyl groups is 2. The Balaban J connectivity index is 0.00000164. The van der Waals surface area contributed by atoms with Crippen molar-refractivity contribution in [1.29, 1.82) is 0 Å². The second kappa shape index (κ2) is 18.8. The van der Waals surface area contributed by atoms with Crippen LogP contribution in [0.4, 0.5) is 0 Å². The molecule has 9 heteroatoms. The maximum atomic E-state index is 12.0. The molecule has 6 nitrogen and oxygen atoms in total. The summed E-state index contributed by atoms with van der Waals surface area (Å²) in [6.07, 6.45) is 1.69. The molecule has 0 aliphatic rings. The molecule has 0 unspecified atom stereocenters. The predicted octanol–water partition coefficient (Wildman–Crippen LogP) is 14.6. The van der Waals surface area contributed by atoms with Crippen molar-refractivity contribution in [3.05, 3.63) is 181 Å². The maximum absolute atomic E-state index is 12.0. The fourth-order valence-corrected chi connectivity index (χ4v) is 8.94. The van der Waals surface area contributed by atoms with Crippen LogP contribution >= 0.6 is 17.0 Å². The van der Waals surface area contributed by atoms with Crippen molar-refractivity contribution >= 4 is 60.6 Å². The molecule has 0 amide bonds. The Bertz CT molecular complexity index is 2940. The number of para-hydroxylation sites is 6. The molecule has 312 valence electrons. The van der Waals surface area contributed by atoms with Crippen LogP contribution in [0.25, 0.3) is 77.2 Å². The number of phenolic OH excluding ortho intramolecular Hbond substituents is 2. The van der Waals surface area contributed by atoms with Crippen molar-refractivity contribution in [2.75, 3.05) is 13.2 Å². The summed E-state index contributed by atoms with van der Waals surface area (Å²) in [5, 5.41) is 28.7. The number of fused-ring (bicyclic) bond motifs is 6. The van der Waals surface area contributed by atoms with Gasteiger partial charge >= 0.3 is 37.9 Å². The second-order valence-electron chi connectivity index (χ2n) is 15.7. The van der Waals surface area contributed by atoms with Gasteiger partial charge in [-0.15, -0.1) is 0 Å². The summed E-state index contributed by atoms with van der Waals surface area (Å²) in [6, 6.07) is 57.8. The van der Waals surface area contributed by atoms with Crippen LogP contribution in [-0.2, 0) is 20.8 Å². The van der Waals surface area contributed by atoms with Gasteiger partial charge in [-0.3, -0.25) is 0 Å². The summed E-state index contributed by atoms with van der Waals surface area (Å²) in [5.74, 6) is 2.16. The van der Waals surface area contributed by atoms with Crippen LogP contribution in [0.2, 0.25) is 0 Å². The molecule has 0 saturated heterocycles. The van der Waals surface area contributed by atoms with E-state index in [-0.39, 0.29) is 11.5 Å². The van der Waals surface area contributed by atoms with Crippen LogP contribution in [0.5, 0.6) is 23.0 Å². The van der Waals surface area contributed by atoms with E-state index in [1.807, 2.05) is 72.8 Å². The van der Waals surface area contributed by atoms with Crippen molar-refractivity contribution in [3.8, 4) is 56.6 Å². The van der Waals surface area contributed by atoms with E-state index in [1.165, 1.54) is 0 Å². The summed E-state index contributed by atoms with van der Waals surface area (Å²) in [7, 11) is 9.87. The van der Waals surface area contributed by atoms with Gasteiger partial charge in [0.25, 0.3) is 11.5 Å². The first-order chi connectivity index (χ1) is 30.9. The van der Waals surface area contributed by atoms with Gasteiger partial charge in [-0.1, -0.05) is 97.1 Å². The zero-order valence-electron chi connectivity index (χ0n) is 34.9. The van der Waals surface area contributed by atoms with Gasteiger partial charge in [0, 0.05) is 57.6 Å². The van der Waals surface area contributed by atoms with E-state index >= 15 is 0 Å². The first-order valence-corrected chi connectivity index (χ1v) is 27.4. The molecule has 0 saturated carbocycles. The van der Waals surface area contributed by atoms with Crippen molar-refractivity contribution < 1.29 is 40.5 Å². The Hall–Kier alpha value is -5.98. The number of benzene rings is 8. The molecule has 0 aliphatic carbocycles. The average molecular weight is 949 g/mol. The third kappa shape index (κ3) is 8.22. The van der Waals surface area contributed by atoms with Crippen LogP contribution in [0, 0.1) is 13.8 Å². The number of ether oxygens (including phenoxy) is 2. The molecule has 0 fully saturated rings. The summed E-state index contributed by atoms with van der Waals surface area (Å²) in [4.78, 5) is 0. The van der Waals surface area contributed by atoms with Crippen molar-refractivity contribution in [2.45, 2.75) is 26.7 Å². The van der Waals surface area contributed by atoms with Gasteiger partial charge in [-0.25, -0.2) is 0 Å². The predicted molar refractivity (Wildman–Crippen MR) is 259 cm³/mol. The molecule has 8 aromatic carbocycles. The fraction of sp³-hybridized carbons (Fsp3) is 0.111. The number of rotatable bonds is 11. The van der Waals surface area contributed by atoms with Gasteiger partial charge < -0.3 is 28.8 Å². The minimum atomic E-state index is -0.826. The summed E-state index contributed by atoms with van der Waals surface area (Å²) < 4.78 is 14.5. The van der Waals surface area contributed by atoms with Crippen LogP contribution in [0.3, 0.4) is 0 Å². The first kappa shape index (κ1) is 42.3. The molecule has 0 bridgehead atoms. The summed E-state index contributed by atoms with van der Waals surface area (Å²) in [5.41, 5.74) is 11.1. The third-order valence-electron chi connectivity index (χ3n) is 11.6. The Morgan fingerprint density at radius 1 is 0.429 bits per heavy atom. The average Bonchev–Trinajstić information content (AvgIpc) is 3.82. The van der Waals surface area contributed by atoms with Gasteiger partial charge in [0.05, 0.1) is 44.6 Å². The number of hydrogen-bond acceptors (Lipinski definition) is 2. The SMILES string of the molecule is Cc1cc(-c2ccccc2[OH+]CCCC[OH+]c2ccccc2-c2cc(C)cc(-n3c4ccccc4c4ccccc43)c2O)c(O)c(-n2c3ccccc3c3ccccc32)c1.[Cl][Zr][Cl]. The minimum absolute atomic E-state index is 0.231. The molecule has 0 radical (unpaired) electrons. The van der Waals surface area contributed by atoms with Gasteiger partial charge in [0.1, 0.15) is 11.5 Å². The van der Waals surface area contributed by atoms with E-state index in [1.54, 1.807) is 0 Å². The van der Waals surface area contributed by atoms with E-state index < -0.39 is 20.8 Å². The van der Waals surface area contributed by atoms with Gasteiger partial charge in [-0.05, 0) is 85.6 Å². The van der Waals surface area contributed by atoms with Gasteiger partial charge in [-0.2, -0.15) is 0 Å². The monoisotopic (exact) mass is 946 g/mol. The molecule has 0 aliphatic heterocycles. The Morgan fingerprint density at radius 2 is 0.730 bits per heavy atom. The van der Waals surface area contributed by atoms with Crippen LogP contribution in [0.1, 0.15) is 24.0 Å². The standard InChI is InChI=1S/C54H44N2O4.2ClH.Zr/c1-35-31-43(53(57)49(33-35)55-45-23-9-3-17-37(45)38-18-4-10-24-46(38)55)41-21-7-13-27-51(41)59-29-15-16-30-60-52-28-14-8-22-42(52)44-32-36(2)34-50(54(44)58)56-47-25-11-5-19-39(47)40-20-6-12-26-48(40)56;;;/h3-14,17-28,31-34,57-58H,15-16,29-30H2,1-2H3;2*1H;/q;;;+2. The zero-order valence-corrected chi connectivity index (χ0v) is 38.9. The van der Waals surface area contributed by atoms with E-state index in [0.717, 1.165) is 113 Å². The van der Waals surface area contributed by atoms with Crippen LogP contribution < -0.4 is 0 Å². The molecular weight excluding hydrogens is 903 g/mol. The molecule has 10 rings (SSSR count). The number of hydrogen-bond donors (Lipinski definition) is 2. The number of phenols is 2. The molecule has 4 N–H and O–H groups in total. The number of aromatic hydroxyl groups is 4.